The first kappa shape index (κ1) is 16.3. The largest absolute Gasteiger partial charge is 0.360 e. The molecule has 0 radical (unpaired) electrons. The van der Waals surface area contributed by atoms with Gasteiger partial charge in [0.25, 0.3) is 0 Å². The van der Waals surface area contributed by atoms with Crippen molar-refractivity contribution in [2.75, 3.05) is 20.6 Å². The van der Waals surface area contributed by atoms with Crippen molar-refractivity contribution in [3.63, 3.8) is 0 Å². The topological polar surface area (TPSA) is 49.9 Å². The maximum Gasteiger partial charge on any atom is 0.230 e. The summed E-state index contributed by atoms with van der Waals surface area (Å²) in [6, 6.07) is 6.29. The predicted octanol–water partition coefficient (Wildman–Crippen LogP) is 1.67. The van der Waals surface area contributed by atoms with E-state index >= 15 is 0 Å². The molecule has 5 heteroatoms. The molecule has 2 bridgehead atoms. The molecule has 0 aromatic heterocycles. The van der Waals surface area contributed by atoms with Crippen LogP contribution in [-0.2, 0) is 20.9 Å². The summed E-state index contributed by atoms with van der Waals surface area (Å²) >= 11 is 0. The summed E-state index contributed by atoms with van der Waals surface area (Å²) in [6.45, 7) is 5.24. The van der Waals surface area contributed by atoms with Crippen molar-refractivity contribution in [2.45, 2.75) is 32.1 Å². The van der Waals surface area contributed by atoms with Gasteiger partial charge in [0.05, 0.1) is 24.5 Å². The summed E-state index contributed by atoms with van der Waals surface area (Å²) in [4.78, 5) is 29.1. The van der Waals surface area contributed by atoms with Crippen molar-refractivity contribution in [2.24, 2.45) is 11.8 Å². The van der Waals surface area contributed by atoms with E-state index in [0.29, 0.717) is 13.1 Å². The summed E-state index contributed by atoms with van der Waals surface area (Å²) in [7, 11) is 3.47. The van der Waals surface area contributed by atoms with Crippen LogP contribution in [0.25, 0.3) is 0 Å². The molecule has 132 valence electrons. The molecule has 2 amide bonds. The minimum atomic E-state index is -0.627. The molecule has 3 aliphatic rings. The van der Waals surface area contributed by atoms with Gasteiger partial charge in [0.15, 0.2) is 0 Å². The fraction of sp³-hybridized carbons (Fsp3) is 0.500. The van der Waals surface area contributed by atoms with Gasteiger partial charge in [-0.15, -0.1) is 0 Å². The lowest BCUT2D eigenvalue weighted by atomic mass is 9.76. The quantitative estimate of drug-likeness (QED) is 0.787. The van der Waals surface area contributed by atoms with E-state index in [0.717, 1.165) is 5.56 Å². The highest BCUT2D eigenvalue weighted by Crippen LogP contribution is 2.52. The number of benzene rings is 1. The molecule has 1 aromatic carbocycles. The average Bonchev–Trinajstić information content (AvgIpc) is 3.19. The average molecular weight is 340 g/mol. The lowest BCUT2D eigenvalue weighted by Crippen LogP contribution is -2.43. The van der Waals surface area contributed by atoms with E-state index in [1.165, 1.54) is 11.1 Å². The molecule has 1 aromatic rings. The summed E-state index contributed by atoms with van der Waals surface area (Å²) in [5.41, 5.74) is 2.95. The Morgan fingerprint density at radius 3 is 2.76 bits per heavy atom. The standard InChI is InChI=1S/C20H24N2O3/c1-12-5-6-14(9-13(12)2)10-22-11-20-8-7-15(25-20)16(17(20)19(22)24)18(23)21(3)4/h5-9,15-17H,10-11H2,1-4H3/t15-,16?,17?,20-/m0/s1. The van der Waals surface area contributed by atoms with Crippen LogP contribution >= 0.6 is 0 Å². The van der Waals surface area contributed by atoms with Crippen LogP contribution in [0.3, 0.4) is 0 Å². The summed E-state index contributed by atoms with van der Waals surface area (Å²) < 4.78 is 6.13. The van der Waals surface area contributed by atoms with Gasteiger partial charge < -0.3 is 14.5 Å². The molecule has 2 unspecified atom stereocenters. The van der Waals surface area contributed by atoms with Crippen LogP contribution in [0.4, 0.5) is 0 Å². The first-order valence-electron chi connectivity index (χ1n) is 8.76. The van der Waals surface area contributed by atoms with Crippen LogP contribution < -0.4 is 0 Å². The normalized spacial score (nSPS) is 32.4. The molecule has 4 atom stereocenters. The van der Waals surface area contributed by atoms with Crippen LogP contribution in [0.5, 0.6) is 0 Å². The van der Waals surface area contributed by atoms with Crippen LogP contribution in [0.15, 0.2) is 30.4 Å². The number of hydrogen-bond acceptors (Lipinski definition) is 3. The molecule has 4 rings (SSSR count). The van der Waals surface area contributed by atoms with Gasteiger partial charge in [-0.1, -0.05) is 30.4 Å². The second-order valence-electron chi connectivity index (χ2n) is 7.75. The molecule has 0 N–H and O–H groups in total. The molecule has 2 fully saturated rings. The summed E-state index contributed by atoms with van der Waals surface area (Å²) in [6.07, 6.45) is 3.68. The Hall–Kier alpha value is -2.14. The highest BCUT2D eigenvalue weighted by Gasteiger charge is 2.66. The van der Waals surface area contributed by atoms with Gasteiger partial charge in [0.2, 0.25) is 11.8 Å². The SMILES string of the molecule is Cc1ccc(CN2C[C@]34C=C[C@H](O3)C(C(=O)N(C)C)C4C2=O)cc1C. The van der Waals surface area contributed by atoms with E-state index < -0.39 is 17.4 Å². The highest BCUT2D eigenvalue weighted by molar-refractivity contribution is 5.92. The van der Waals surface area contributed by atoms with Crippen LogP contribution in [0, 0.1) is 25.7 Å². The van der Waals surface area contributed by atoms with Crippen molar-refractivity contribution < 1.29 is 14.3 Å². The second kappa shape index (κ2) is 5.43. The molecule has 0 aliphatic carbocycles. The van der Waals surface area contributed by atoms with Gasteiger partial charge in [-0.3, -0.25) is 9.59 Å². The molecule has 2 saturated heterocycles. The van der Waals surface area contributed by atoms with Crippen LogP contribution in [-0.4, -0.2) is 54.0 Å². The highest BCUT2D eigenvalue weighted by atomic mass is 16.5. The van der Waals surface area contributed by atoms with Gasteiger partial charge in [0.1, 0.15) is 5.60 Å². The summed E-state index contributed by atoms with van der Waals surface area (Å²) in [5, 5.41) is 0. The van der Waals surface area contributed by atoms with Crippen LogP contribution in [0.2, 0.25) is 0 Å². The smallest absolute Gasteiger partial charge is 0.230 e. The Kier molecular flexibility index (Phi) is 3.55. The number of amides is 2. The Morgan fingerprint density at radius 2 is 2.08 bits per heavy atom. The number of fused-ring (bicyclic) bond motifs is 1. The van der Waals surface area contributed by atoms with E-state index in [1.54, 1.807) is 19.0 Å². The monoisotopic (exact) mass is 340 g/mol. The summed E-state index contributed by atoms with van der Waals surface area (Å²) in [5.74, 6) is -0.797. The van der Waals surface area contributed by atoms with E-state index in [1.807, 2.05) is 17.1 Å². The lowest BCUT2D eigenvalue weighted by Gasteiger charge is -2.25. The van der Waals surface area contributed by atoms with Crippen molar-refractivity contribution in [1.29, 1.82) is 0 Å². The van der Waals surface area contributed by atoms with Crippen LogP contribution in [0.1, 0.15) is 16.7 Å². The molecular formula is C20H24N2O3. The Labute approximate surface area is 148 Å². The number of carbonyl (C=O) groups excluding carboxylic acids is 2. The fourth-order valence-corrected chi connectivity index (χ4v) is 4.41. The number of ether oxygens (including phenoxy) is 1. The molecule has 0 saturated carbocycles. The van der Waals surface area contributed by atoms with E-state index in [2.05, 4.69) is 32.0 Å². The van der Waals surface area contributed by atoms with Gasteiger partial charge in [-0.05, 0) is 30.5 Å². The predicted molar refractivity (Wildman–Crippen MR) is 93.8 cm³/mol. The fourth-order valence-electron chi connectivity index (χ4n) is 4.41. The number of carbonyl (C=O) groups is 2. The molecule has 25 heavy (non-hydrogen) atoms. The number of hydrogen-bond donors (Lipinski definition) is 0. The molecule has 5 nitrogen and oxygen atoms in total. The number of rotatable bonds is 3. The van der Waals surface area contributed by atoms with Crippen molar-refractivity contribution in [1.82, 2.24) is 9.80 Å². The molecular weight excluding hydrogens is 316 g/mol. The first-order chi connectivity index (χ1) is 11.8. The Balaban J connectivity index is 1.61. The van der Waals surface area contributed by atoms with Gasteiger partial charge in [-0.2, -0.15) is 0 Å². The number of likely N-dealkylation sites (tertiary alicyclic amines) is 1. The first-order valence-corrected chi connectivity index (χ1v) is 8.76. The maximum absolute atomic E-state index is 13.1. The third kappa shape index (κ3) is 2.33. The number of aryl methyl sites for hydroxylation is 2. The Bertz CT molecular complexity index is 785. The zero-order chi connectivity index (χ0) is 17.9. The van der Waals surface area contributed by atoms with E-state index in [-0.39, 0.29) is 17.9 Å². The zero-order valence-electron chi connectivity index (χ0n) is 15.2. The molecule has 3 aliphatic heterocycles. The van der Waals surface area contributed by atoms with Crippen molar-refractivity contribution in [3.05, 3.63) is 47.0 Å². The maximum atomic E-state index is 13.1. The van der Waals surface area contributed by atoms with E-state index in [9.17, 15) is 9.59 Å². The van der Waals surface area contributed by atoms with Gasteiger partial charge >= 0.3 is 0 Å². The lowest BCUT2D eigenvalue weighted by molar-refractivity contribution is -0.141. The second-order valence-corrected chi connectivity index (χ2v) is 7.75. The Morgan fingerprint density at radius 1 is 1.32 bits per heavy atom. The van der Waals surface area contributed by atoms with Gasteiger partial charge in [0, 0.05) is 20.6 Å². The number of nitrogens with zero attached hydrogens (tertiary/aromatic N) is 2. The van der Waals surface area contributed by atoms with Crippen molar-refractivity contribution >= 4 is 11.8 Å². The van der Waals surface area contributed by atoms with Crippen molar-refractivity contribution in [3.8, 4) is 0 Å². The van der Waals surface area contributed by atoms with E-state index in [4.69, 9.17) is 4.74 Å². The van der Waals surface area contributed by atoms with Gasteiger partial charge in [-0.25, -0.2) is 0 Å². The molecule has 1 spiro atoms. The third-order valence-corrected chi connectivity index (χ3v) is 5.85. The molecule has 3 heterocycles. The zero-order valence-corrected chi connectivity index (χ0v) is 15.2. The third-order valence-electron chi connectivity index (χ3n) is 5.85. The minimum absolute atomic E-state index is 0.0254. The minimum Gasteiger partial charge on any atom is -0.360 e.